The highest BCUT2D eigenvalue weighted by Crippen LogP contribution is 2.35. The van der Waals surface area contributed by atoms with Gasteiger partial charge in [-0.2, -0.15) is 5.10 Å². The van der Waals surface area contributed by atoms with E-state index in [1.54, 1.807) is 36.0 Å². The highest BCUT2D eigenvalue weighted by atomic mass is 35.5. The summed E-state index contributed by atoms with van der Waals surface area (Å²) in [5.74, 6) is 0.730. The van der Waals surface area contributed by atoms with Crippen molar-refractivity contribution in [2.24, 2.45) is 7.05 Å². The number of carbonyl (C=O) groups excluding carboxylic acids is 1. The van der Waals surface area contributed by atoms with Gasteiger partial charge < -0.3 is 9.64 Å². The van der Waals surface area contributed by atoms with Crippen molar-refractivity contribution in [3.8, 4) is 17.0 Å². The fourth-order valence-corrected chi connectivity index (χ4v) is 3.58. The summed E-state index contributed by atoms with van der Waals surface area (Å²) in [6.07, 6.45) is 2.56. The highest BCUT2D eigenvalue weighted by molar-refractivity contribution is 6.33. The molecule has 0 bridgehead atoms. The fraction of sp³-hybridized carbons (Fsp3) is 0.200. The second-order valence-corrected chi connectivity index (χ2v) is 6.65. The number of anilines is 1. The first-order chi connectivity index (χ1) is 12.6. The van der Waals surface area contributed by atoms with E-state index in [1.165, 1.54) is 0 Å². The molecule has 0 fully saturated rings. The van der Waals surface area contributed by atoms with Crippen LogP contribution in [0.3, 0.4) is 0 Å². The van der Waals surface area contributed by atoms with E-state index in [2.05, 4.69) is 5.10 Å². The van der Waals surface area contributed by atoms with Crippen LogP contribution in [0.2, 0.25) is 5.02 Å². The molecule has 2 heterocycles. The molecule has 1 aliphatic heterocycles. The Labute approximate surface area is 156 Å². The molecule has 1 aliphatic rings. The van der Waals surface area contributed by atoms with Crippen molar-refractivity contribution < 1.29 is 9.53 Å². The van der Waals surface area contributed by atoms with E-state index in [-0.39, 0.29) is 5.91 Å². The molecule has 4 rings (SSSR count). The number of amides is 1. The van der Waals surface area contributed by atoms with Crippen LogP contribution in [-0.2, 0) is 13.5 Å². The van der Waals surface area contributed by atoms with Crippen LogP contribution in [0.15, 0.2) is 48.7 Å². The van der Waals surface area contributed by atoms with Crippen LogP contribution in [-0.4, -0.2) is 29.3 Å². The lowest BCUT2D eigenvalue weighted by atomic mass is 10.1. The molecule has 0 N–H and O–H groups in total. The predicted molar refractivity (Wildman–Crippen MR) is 102 cm³/mol. The molecule has 0 saturated heterocycles. The number of nitrogens with zero attached hydrogens (tertiary/aromatic N) is 3. The van der Waals surface area contributed by atoms with Crippen molar-refractivity contribution in [3.63, 3.8) is 0 Å². The number of ether oxygens (including phenoxy) is 1. The number of aromatic nitrogens is 2. The van der Waals surface area contributed by atoms with E-state index in [1.807, 2.05) is 36.4 Å². The molecule has 1 aromatic heterocycles. The molecule has 0 aliphatic carbocycles. The van der Waals surface area contributed by atoms with Crippen LogP contribution >= 0.6 is 11.6 Å². The minimum atomic E-state index is -0.0723. The second kappa shape index (κ2) is 6.50. The van der Waals surface area contributed by atoms with E-state index in [4.69, 9.17) is 16.3 Å². The van der Waals surface area contributed by atoms with Gasteiger partial charge in [0.2, 0.25) is 0 Å². The van der Waals surface area contributed by atoms with Gasteiger partial charge in [-0.1, -0.05) is 29.8 Å². The van der Waals surface area contributed by atoms with Crippen molar-refractivity contribution in [2.45, 2.75) is 6.42 Å². The van der Waals surface area contributed by atoms with E-state index >= 15 is 0 Å². The Kier molecular flexibility index (Phi) is 4.17. The summed E-state index contributed by atoms with van der Waals surface area (Å²) in [5, 5.41) is 5.06. The van der Waals surface area contributed by atoms with Crippen LogP contribution in [0.5, 0.6) is 5.75 Å². The van der Waals surface area contributed by atoms with Crippen molar-refractivity contribution in [1.29, 1.82) is 0 Å². The quantitative estimate of drug-likeness (QED) is 0.704. The van der Waals surface area contributed by atoms with Gasteiger partial charge in [0.05, 0.1) is 17.7 Å². The maximum atomic E-state index is 13.3. The van der Waals surface area contributed by atoms with Gasteiger partial charge in [0.1, 0.15) is 11.4 Å². The number of benzene rings is 2. The number of fused-ring (bicyclic) bond motifs is 1. The van der Waals surface area contributed by atoms with Gasteiger partial charge in [-0.05, 0) is 36.2 Å². The molecule has 0 unspecified atom stereocenters. The summed E-state index contributed by atoms with van der Waals surface area (Å²) in [7, 11) is 3.45. The van der Waals surface area contributed by atoms with Crippen molar-refractivity contribution >= 4 is 23.2 Å². The van der Waals surface area contributed by atoms with Gasteiger partial charge in [-0.25, -0.2) is 0 Å². The molecule has 0 spiro atoms. The normalized spacial score (nSPS) is 13.0. The monoisotopic (exact) mass is 367 g/mol. The van der Waals surface area contributed by atoms with Crippen LogP contribution in [0, 0.1) is 0 Å². The molecule has 26 heavy (non-hydrogen) atoms. The zero-order valence-corrected chi connectivity index (χ0v) is 15.3. The molecular formula is C20H18ClN3O2. The lowest BCUT2D eigenvalue weighted by Gasteiger charge is -2.17. The maximum absolute atomic E-state index is 13.3. The van der Waals surface area contributed by atoms with Gasteiger partial charge in [0, 0.05) is 31.0 Å². The Bertz CT molecular complexity index is 996. The Morgan fingerprint density at radius 2 is 2.04 bits per heavy atom. The third-order valence-electron chi connectivity index (χ3n) is 4.62. The minimum absolute atomic E-state index is 0.0723. The van der Waals surface area contributed by atoms with Crippen molar-refractivity contribution in [3.05, 3.63) is 64.8 Å². The number of halogens is 1. The first-order valence-corrected chi connectivity index (χ1v) is 8.73. The summed E-state index contributed by atoms with van der Waals surface area (Å²) in [6.45, 7) is 0.637. The zero-order chi connectivity index (χ0) is 18.3. The molecule has 0 atom stereocenters. The Hall–Kier alpha value is -2.79. The topological polar surface area (TPSA) is 47.4 Å². The first kappa shape index (κ1) is 16.7. The molecule has 0 saturated carbocycles. The highest BCUT2D eigenvalue weighted by Gasteiger charge is 2.29. The first-order valence-electron chi connectivity index (χ1n) is 8.36. The predicted octanol–water partition coefficient (Wildman–Crippen LogP) is 3.95. The largest absolute Gasteiger partial charge is 0.497 e. The second-order valence-electron chi connectivity index (χ2n) is 6.25. The molecule has 5 nitrogen and oxygen atoms in total. The third kappa shape index (κ3) is 2.74. The van der Waals surface area contributed by atoms with E-state index in [9.17, 15) is 4.79 Å². The number of aryl methyl sites for hydroxylation is 1. The number of carbonyl (C=O) groups is 1. The summed E-state index contributed by atoms with van der Waals surface area (Å²) in [5.41, 5.74) is 3.94. The maximum Gasteiger partial charge on any atom is 0.262 e. The molecule has 3 aromatic rings. The number of rotatable bonds is 3. The summed E-state index contributed by atoms with van der Waals surface area (Å²) in [4.78, 5) is 15.1. The summed E-state index contributed by atoms with van der Waals surface area (Å²) >= 11 is 6.33. The number of hydrogen-bond acceptors (Lipinski definition) is 3. The summed E-state index contributed by atoms with van der Waals surface area (Å²) < 4.78 is 6.93. The number of methoxy groups -OCH3 is 1. The van der Waals surface area contributed by atoms with Crippen molar-refractivity contribution in [1.82, 2.24) is 9.78 Å². The molecule has 6 heteroatoms. The van der Waals surface area contributed by atoms with Crippen LogP contribution in [0.4, 0.5) is 5.69 Å². The number of hydrogen-bond donors (Lipinski definition) is 0. The Balaban J connectivity index is 1.75. The van der Waals surface area contributed by atoms with E-state index in [0.717, 1.165) is 29.0 Å². The van der Waals surface area contributed by atoms with Gasteiger partial charge in [0.25, 0.3) is 5.91 Å². The van der Waals surface area contributed by atoms with Crippen molar-refractivity contribution in [2.75, 3.05) is 18.6 Å². The SMILES string of the molecule is COc1ccc2c(c1)CCN2C(=O)c1cn(C)nc1-c1ccccc1Cl. The van der Waals surface area contributed by atoms with Crippen LogP contribution < -0.4 is 9.64 Å². The summed E-state index contributed by atoms with van der Waals surface area (Å²) in [6, 6.07) is 13.2. The van der Waals surface area contributed by atoms with Gasteiger partial charge in [-0.15, -0.1) is 0 Å². The third-order valence-corrected chi connectivity index (χ3v) is 4.95. The molecular weight excluding hydrogens is 350 g/mol. The molecule has 132 valence electrons. The minimum Gasteiger partial charge on any atom is -0.497 e. The average molecular weight is 368 g/mol. The van der Waals surface area contributed by atoms with Crippen LogP contribution in [0.1, 0.15) is 15.9 Å². The van der Waals surface area contributed by atoms with E-state index < -0.39 is 0 Å². The zero-order valence-electron chi connectivity index (χ0n) is 14.6. The van der Waals surface area contributed by atoms with E-state index in [0.29, 0.717) is 22.8 Å². The van der Waals surface area contributed by atoms with Crippen LogP contribution in [0.25, 0.3) is 11.3 Å². The smallest absolute Gasteiger partial charge is 0.262 e. The van der Waals surface area contributed by atoms with Gasteiger partial charge in [-0.3, -0.25) is 9.48 Å². The molecule has 2 aromatic carbocycles. The Morgan fingerprint density at radius 1 is 1.23 bits per heavy atom. The molecule has 1 amide bonds. The van der Waals surface area contributed by atoms with Gasteiger partial charge >= 0.3 is 0 Å². The fourth-order valence-electron chi connectivity index (χ4n) is 3.36. The lowest BCUT2D eigenvalue weighted by Crippen LogP contribution is -2.29. The average Bonchev–Trinajstić information content (AvgIpc) is 3.24. The van der Waals surface area contributed by atoms with Gasteiger partial charge in [0.15, 0.2) is 0 Å². The Morgan fingerprint density at radius 3 is 2.81 bits per heavy atom. The molecule has 0 radical (unpaired) electrons. The lowest BCUT2D eigenvalue weighted by molar-refractivity contribution is 0.0990. The standard InChI is InChI=1S/C20H18ClN3O2/c1-23-12-16(19(22-23)15-5-3-4-6-17(15)21)20(25)24-10-9-13-11-14(26-2)7-8-18(13)24/h3-8,11-12H,9-10H2,1-2H3.